The second-order valence-corrected chi connectivity index (χ2v) is 6.76. The fourth-order valence-electron chi connectivity index (χ4n) is 3.08. The van der Waals surface area contributed by atoms with Gasteiger partial charge in [0.2, 0.25) is 0 Å². The summed E-state index contributed by atoms with van der Waals surface area (Å²) in [6, 6.07) is 3.46. The van der Waals surface area contributed by atoms with Crippen LogP contribution in [0, 0.1) is 0 Å². The Morgan fingerprint density at radius 3 is 2.88 bits per heavy atom. The lowest BCUT2D eigenvalue weighted by Gasteiger charge is -2.33. The smallest absolute Gasteiger partial charge is 0.269 e. The molecule has 134 valence electrons. The number of likely N-dealkylation sites (tertiary alicyclic amines) is 1. The van der Waals surface area contributed by atoms with Gasteiger partial charge in [-0.1, -0.05) is 0 Å². The van der Waals surface area contributed by atoms with Crippen molar-refractivity contribution < 1.29 is 9.21 Å². The average Bonchev–Trinajstić information content (AvgIpc) is 3.15. The number of piperidine rings is 1. The first kappa shape index (κ1) is 17.3. The number of amides is 1. The molecule has 1 amide bonds. The van der Waals surface area contributed by atoms with Crippen molar-refractivity contribution in [3.63, 3.8) is 0 Å². The molecule has 7 nitrogen and oxygen atoms in total. The minimum Gasteiger partial charge on any atom is -0.472 e. The molecule has 1 fully saturated rings. The Kier molecular flexibility index (Phi) is 4.92. The molecule has 25 heavy (non-hydrogen) atoms. The van der Waals surface area contributed by atoms with Crippen molar-refractivity contribution >= 4 is 11.6 Å². The Labute approximate surface area is 146 Å². The van der Waals surface area contributed by atoms with E-state index in [9.17, 15) is 9.59 Å². The second-order valence-electron chi connectivity index (χ2n) is 6.76. The monoisotopic (exact) mass is 344 g/mol. The van der Waals surface area contributed by atoms with E-state index in [1.165, 1.54) is 17.2 Å². The molecule has 1 saturated heterocycles. The van der Waals surface area contributed by atoms with Gasteiger partial charge in [0.15, 0.2) is 0 Å². The molecule has 0 unspecified atom stereocenters. The zero-order valence-corrected chi connectivity index (χ0v) is 14.9. The van der Waals surface area contributed by atoms with Crippen LogP contribution in [0.15, 0.2) is 40.1 Å². The van der Waals surface area contributed by atoms with Gasteiger partial charge >= 0.3 is 0 Å². The molecule has 0 saturated carbocycles. The van der Waals surface area contributed by atoms with Crippen LogP contribution in [0.4, 0.5) is 5.69 Å². The van der Waals surface area contributed by atoms with Crippen LogP contribution in [0.5, 0.6) is 0 Å². The van der Waals surface area contributed by atoms with Crippen LogP contribution in [0.2, 0.25) is 0 Å². The van der Waals surface area contributed by atoms with Crippen molar-refractivity contribution in [3.05, 3.63) is 46.8 Å². The van der Waals surface area contributed by atoms with Gasteiger partial charge in [-0.2, -0.15) is 5.10 Å². The van der Waals surface area contributed by atoms with Crippen molar-refractivity contribution in [3.8, 4) is 0 Å². The molecule has 0 aromatic carbocycles. The molecule has 7 heteroatoms. The Bertz CT molecular complexity index is 782. The number of rotatable bonds is 4. The number of hydrogen-bond donors (Lipinski definition) is 0. The lowest BCUT2D eigenvalue weighted by Crippen LogP contribution is -2.43. The van der Waals surface area contributed by atoms with E-state index >= 15 is 0 Å². The van der Waals surface area contributed by atoms with Gasteiger partial charge in [-0.3, -0.25) is 9.59 Å². The summed E-state index contributed by atoms with van der Waals surface area (Å²) < 4.78 is 6.50. The predicted molar refractivity (Wildman–Crippen MR) is 94.9 cm³/mol. The summed E-state index contributed by atoms with van der Waals surface area (Å²) in [5.74, 6) is -0.0670. The Morgan fingerprint density at radius 1 is 1.44 bits per heavy atom. The number of hydrogen-bond acceptors (Lipinski definition) is 5. The molecular formula is C18H24N4O3. The molecule has 1 aliphatic heterocycles. The number of carbonyl (C=O) groups is 1. The van der Waals surface area contributed by atoms with Crippen molar-refractivity contribution in [1.82, 2.24) is 14.7 Å². The molecule has 0 aliphatic carbocycles. The summed E-state index contributed by atoms with van der Waals surface area (Å²) in [5.41, 5.74) is 1.21. The van der Waals surface area contributed by atoms with E-state index in [2.05, 4.69) is 18.9 Å². The first-order chi connectivity index (χ1) is 12.0. The number of anilines is 1. The maximum absolute atomic E-state index is 12.5. The fourth-order valence-corrected chi connectivity index (χ4v) is 3.08. The highest BCUT2D eigenvalue weighted by atomic mass is 16.3. The molecule has 0 bridgehead atoms. The Balaban J connectivity index is 1.77. The van der Waals surface area contributed by atoms with Crippen LogP contribution in [-0.2, 0) is 0 Å². The molecule has 0 spiro atoms. The zero-order chi connectivity index (χ0) is 18.0. The fraction of sp³-hybridized carbons (Fsp3) is 0.500. The van der Waals surface area contributed by atoms with Gasteiger partial charge in [-0.25, -0.2) is 4.68 Å². The third-order valence-electron chi connectivity index (χ3n) is 4.79. The summed E-state index contributed by atoms with van der Waals surface area (Å²) in [7, 11) is 1.94. The Hall–Kier alpha value is -2.57. The van der Waals surface area contributed by atoms with E-state index < -0.39 is 0 Å². The van der Waals surface area contributed by atoms with Gasteiger partial charge in [0.1, 0.15) is 6.26 Å². The highest BCUT2D eigenvalue weighted by Gasteiger charge is 2.27. The quantitative estimate of drug-likeness (QED) is 0.850. The van der Waals surface area contributed by atoms with Gasteiger partial charge in [-0.15, -0.1) is 0 Å². The maximum atomic E-state index is 12.5. The van der Waals surface area contributed by atoms with Crippen LogP contribution < -0.4 is 10.5 Å². The lowest BCUT2D eigenvalue weighted by atomic mass is 10.0. The third-order valence-corrected chi connectivity index (χ3v) is 4.79. The first-order valence-corrected chi connectivity index (χ1v) is 8.60. The molecular weight excluding hydrogens is 320 g/mol. The van der Waals surface area contributed by atoms with E-state index in [0.29, 0.717) is 18.7 Å². The van der Waals surface area contributed by atoms with E-state index in [0.717, 1.165) is 18.5 Å². The largest absolute Gasteiger partial charge is 0.472 e. The van der Waals surface area contributed by atoms with E-state index in [-0.39, 0.29) is 23.6 Å². The third kappa shape index (κ3) is 3.60. The van der Waals surface area contributed by atoms with E-state index in [1.54, 1.807) is 23.2 Å². The van der Waals surface area contributed by atoms with Gasteiger partial charge in [0.05, 0.1) is 29.8 Å². The summed E-state index contributed by atoms with van der Waals surface area (Å²) in [4.78, 5) is 28.8. The molecule has 1 aliphatic rings. The topological polar surface area (TPSA) is 71.6 Å². The van der Waals surface area contributed by atoms with Gasteiger partial charge < -0.3 is 14.2 Å². The predicted octanol–water partition coefficient (Wildman–Crippen LogP) is 2.16. The van der Waals surface area contributed by atoms with Gasteiger partial charge in [-0.05, 0) is 32.8 Å². The minimum absolute atomic E-state index is 0.0670. The molecule has 3 rings (SSSR count). The minimum atomic E-state index is -0.132. The van der Waals surface area contributed by atoms with Crippen molar-refractivity contribution in [2.24, 2.45) is 0 Å². The molecule has 2 aromatic heterocycles. The summed E-state index contributed by atoms with van der Waals surface area (Å²) in [5, 5.41) is 4.37. The normalized spacial score (nSPS) is 17.8. The molecule has 0 N–H and O–H groups in total. The molecule has 3 heterocycles. The summed E-state index contributed by atoms with van der Waals surface area (Å²) >= 11 is 0. The molecule has 0 radical (unpaired) electrons. The summed E-state index contributed by atoms with van der Waals surface area (Å²) in [6.45, 7) is 5.29. The van der Waals surface area contributed by atoms with Gasteiger partial charge in [0.25, 0.3) is 11.5 Å². The number of carbonyl (C=O) groups excluding carboxylic acids is 1. The standard InChI is InChI=1S/C18H24N4O3/c1-13(2)20(3)16-9-17(23)22(19-10-16)15-5-4-7-21(11-15)18(24)14-6-8-25-12-14/h6,8-10,12-13,15H,4-5,7,11H2,1-3H3/t15-/m1/s1. The SMILES string of the molecule is CC(C)N(C)c1cnn([C@@H]2CCCN(C(=O)c3ccoc3)C2)c(=O)c1. The Morgan fingerprint density at radius 2 is 2.24 bits per heavy atom. The van der Waals surface area contributed by atoms with Crippen LogP contribution in [0.3, 0.4) is 0 Å². The van der Waals surface area contributed by atoms with Crippen LogP contribution in [0.1, 0.15) is 43.1 Å². The second kappa shape index (κ2) is 7.13. The zero-order valence-electron chi connectivity index (χ0n) is 14.9. The first-order valence-electron chi connectivity index (χ1n) is 8.60. The van der Waals surface area contributed by atoms with E-state index in [1.807, 2.05) is 11.9 Å². The number of furan rings is 1. The highest BCUT2D eigenvalue weighted by Crippen LogP contribution is 2.22. The molecule has 2 aromatic rings. The highest BCUT2D eigenvalue weighted by molar-refractivity contribution is 5.93. The van der Waals surface area contributed by atoms with Crippen molar-refractivity contribution in [2.45, 2.75) is 38.8 Å². The van der Waals surface area contributed by atoms with Gasteiger partial charge in [0, 0.05) is 32.2 Å². The van der Waals surface area contributed by atoms with Crippen LogP contribution in [-0.4, -0.2) is 46.8 Å². The van der Waals surface area contributed by atoms with Crippen LogP contribution in [0.25, 0.3) is 0 Å². The van der Waals surface area contributed by atoms with Crippen LogP contribution >= 0.6 is 0 Å². The molecule has 1 atom stereocenters. The maximum Gasteiger partial charge on any atom is 0.269 e. The number of aromatic nitrogens is 2. The summed E-state index contributed by atoms with van der Waals surface area (Å²) in [6.07, 6.45) is 6.34. The van der Waals surface area contributed by atoms with E-state index in [4.69, 9.17) is 4.42 Å². The van der Waals surface area contributed by atoms with Crippen molar-refractivity contribution in [2.75, 3.05) is 25.0 Å². The van der Waals surface area contributed by atoms with Crippen molar-refractivity contribution in [1.29, 1.82) is 0 Å². The number of nitrogens with zero attached hydrogens (tertiary/aromatic N) is 4. The average molecular weight is 344 g/mol. The lowest BCUT2D eigenvalue weighted by molar-refractivity contribution is 0.0669.